The molecule has 1 aliphatic carbocycles. The quantitative estimate of drug-likeness (QED) is 0.307. The fourth-order valence-corrected chi connectivity index (χ4v) is 8.44. The van der Waals surface area contributed by atoms with Gasteiger partial charge in [0.15, 0.2) is 11.6 Å². The molecule has 5 fully saturated rings. The molecule has 3 atom stereocenters. The Bertz CT molecular complexity index is 1690. The Kier molecular flexibility index (Phi) is 10.4. The molecule has 7 rings (SSSR count). The number of hydrogen-bond acceptors (Lipinski definition) is 10. The maximum Gasteiger partial charge on any atom is 0.411 e. The van der Waals surface area contributed by atoms with E-state index in [1.54, 1.807) is 16.0 Å². The normalized spacial score (nSPS) is 23.2. The van der Waals surface area contributed by atoms with Crippen molar-refractivity contribution in [2.24, 2.45) is 16.5 Å². The molecule has 2 aromatic rings. The number of halogens is 1. The van der Waals surface area contributed by atoms with Gasteiger partial charge < -0.3 is 29.0 Å². The van der Waals surface area contributed by atoms with Crippen molar-refractivity contribution in [3.63, 3.8) is 0 Å². The average Bonchev–Trinajstić information content (AvgIpc) is 3.07. The van der Waals surface area contributed by atoms with Crippen LogP contribution in [0.15, 0.2) is 35.9 Å². The lowest BCUT2D eigenvalue weighted by Gasteiger charge is -2.56. The van der Waals surface area contributed by atoms with E-state index in [1.165, 1.54) is 31.6 Å². The average molecular weight is 722 g/mol. The molecule has 1 aromatic carbocycles. The predicted molar refractivity (Wildman–Crippen MR) is 193 cm³/mol. The van der Waals surface area contributed by atoms with E-state index in [2.05, 4.69) is 20.0 Å². The molecular weight excluding hydrogens is 669 g/mol. The SMILES string of the molecule is CON=C1C[C@@H]2CC[C@H]1[C@H](C(=O)N1CCC3(CC1)CN(c1ncncc1Oc1ccc(F)cc1C(=O)N(C(C)C)C(C)C)C3)N2C(=O)OC(C)(C)C. The zero-order valence-corrected chi connectivity index (χ0v) is 31.6. The second-order valence-corrected chi connectivity index (χ2v) is 16.2. The third-order valence-corrected chi connectivity index (χ3v) is 10.7. The molecule has 3 amide bonds. The monoisotopic (exact) mass is 721 g/mol. The van der Waals surface area contributed by atoms with Crippen molar-refractivity contribution in [2.45, 2.75) is 110 Å². The summed E-state index contributed by atoms with van der Waals surface area (Å²) in [4.78, 5) is 62.6. The highest BCUT2D eigenvalue weighted by Gasteiger charge is 2.54. The van der Waals surface area contributed by atoms with Crippen LogP contribution in [-0.2, 0) is 14.4 Å². The third-order valence-electron chi connectivity index (χ3n) is 10.7. The molecule has 13 nitrogen and oxygen atoms in total. The lowest BCUT2D eigenvalue weighted by Crippen LogP contribution is -2.67. The number of ether oxygens (including phenoxy) is 2. The number of rotatable bonds is 8. The summed E-state index contributed by atoms with van der Waals surface area (Å²) < 4.78 is 26.5. The highest BCUT2D eigenvalue weighted by atomic mass is 19.1. The van der Waals surface area contributed by atoms with Gasteiger partial charge in [-0.05, 0) is 92.3 Å². The number of aromatic nitrogens is 2. The van der Waals surface area contributed by atoms with Crippen molar-refractivity contribution in [2.75, 3.05) is 38.2 Å². The fraction of sp³-hybridized carbons (Fsp3) is 0.632. The summed E-state index contributed by atoms with van der Waals surface area (Å²) in [6.45, 7) is 15.7. The van der Waals surface area contributed by atoms with Crippen LogP contribution in [0.25, 0.3) is 0 Å². The van der Waals surface area contributed by atoms with Gasteiger partial charge >= 0.3 is 6.09 Å². The molecule has 0 radical (unpaired) electrons. The van der Waals surface area contributed by atoms with Gasteiger partial charge in [0.2, 0.25) is 5.91 Å². The van der Waals surface area contributed by atoms with Crippen molar-refractivity contribution in [1.82, 2.24) is 24.7 Å². The zero-order chi connectivity index (χ0) is 37.5. The number of benzene rings is 1. The minimum absolute atomic E-state index is 0.0237. The molecule has 1 aromatic heterocycles. The van der Waals surface area contributed by atoms with Gasteiger partial charge in [-0.1, -0.05) is 5.16 Å². The lowest BCUT2D eigenvalue weighted by molar-refractivity contribution is -0.144. The Morgan fingerprint density at radius 2 is 1.73 bits per heavy atom. The minimum Gasteiger partial charge on any atom is -0.451 e. The Morgan fingerprint density at radius 3 is 2.37 bits per heavy atom. The number of carbonyl (C=O) groups excluding carboxylic acids is 3. The number of amides is 3. The molecule has 52 heavy (non-hydrogen) atoms. The van der Waals surface area contributed by atoms with Crippen LogP contribution in [0, 0.1) is 17.2 Å². The van der Waals surface area contributed by atoms with E-state index in [0.29, 0.717) is 44.2 Å². The smallest absolute Gasteiger partial charge is 0.411 e. The van der Waals surface area contributed by atoms with E-state index in [0.717, 1.165) is 31.4 Å². The molecule has 2 bridgehead atoms. The molecule has 14 heteroatoms. The highest BCUT2D eigenvalue weighted by molar-refractivity contribution is 5.99. The molecular formula is C38H52FN7O6. The van der Waals surface area contributed by atoms with Crippen LogP contribution in [0.2, 0.25) is 0 Å². The molecule has 5 heterocycles. The molecule has 4 aliphatic heterocycles. The molecule has 0 N–H and O–H groups in total. The molecule has 1 spiro atoms. The first-order valence-electron chi connectivity index (χ1n) is 18.4. The van der Waals surface area contributed by atoms with Gasteiger partial charge in [-0.3, -0.25) is 14.5 Å². The maximum absolute atomic E-state index is 14.5. The van der Waals surface area contributed by atoms with Gasteiger partial charge in [-0.15, -0.1) is 0 Å². The Balaban J connectivity index is 1.14. The summed E-state index contributed by atoms with van der Waals surface area (Å²) in [5.41, 5.74) is 0.252. The predicted octanol–water partition coefficient (Wildman–Crippen LogP) is 5.89. The number of oxime groups is 1. The highest BCUT2D eigenvalue weighted by Crippen LogP contribution is 2.46. The van der Waals surface area contributed by atoms with Crippen molar-refractivity contribution < 1.29 is 33.1 Å². The second kappa shape index (κ2) is 14.5. The molecule has 4 saturated heterocycles. The number of piperidine rings is 3. The minimum atomic E-state index is -0.686. The van der Waals surface area contributed by atoms with Gasteiger partial charge in [-0.2, -0.15) is 0 Å². The second-order valence-electron chi connectivity index (χ2n) is 16.2. The number of fused-ring (bicyclic) bond motifs is 3. The van der Waals surface area contributed by atoms with Gasteiger partial charge in [0.25, 0.3) is 5.91 Å². The molecule has 0 unspecified atom stereocenters. The van der Waals surface area contributed by atoms with Crippen molar-refractivity contribution >= 4 is 29.4 Å². The van der Waals surface area contributed by atoms with E-state index >= 15 is 0 Å². The van der Waals surface area contributed by atoms with Crippen LogP contribution in [0.3, 0.4) is 0 Å². The fourth-order valence-electron chi connectivity index (χ4n) is 8.44. The number of hydrogen-bond donors (Lipinski definition) is 0. The Labute approximate surface area is 305 Å². The third kappa shape index (κ3) is 7.38. The summed E-state index contributed by atoms with van der Waals surface area (Å²) in [7, 11) is 1.51. The van der Waals surface area contributed by atoms with Crippen LogP contribution >= 0.6 is 0 Å². The van der Waals surface area contributed by atoms with Crippen LogP contribution < -0.4 is 9.64 Å². The Morgan fingerprint density at radius 1 is 1.04 bits per heavy atom. The number of likely N-dealkylation sites (tertiary alicyclic amines) is 1. The van der Waals surface area contributed by atoms with E-state index < -0.39 is 23.6 Å². The van der Waals surface area contributed by atoms with Crippen LogP contribution in [0.4, 0.5) is 15.0 Å². The van der Waals surface area contributed by atoms with Crippen molar-refractivity contribution in [3.8, 4) is 11.5 Å². The van der Waals surface area contributed by atoms with E-state index in [-0.39, 0.29) is 52.6 Å². The van der Waals surface area contributed by atoms with Gasteiger partial charge in [-0.25, -0.2) is 19.2 Å². The molecule has 1 saturated carbocycles. The number of carbonyl (C=O) groups is 3. The van der Waals surface area contributed by atoms with E-state index in [1.807, 2.05) is 53.4 Å². The van der Waals surface area contributed by atoms with Crippen LogP contribution in [-0.4, -0.2) is 111 Å². The van der Waals surface area contributed by atoms with Crippen molar-refractivity contribution in [1.29, 1.82) is 0 Å². The Hall–Kier alpha value is -4.49. The van der Waals surface area contributed by atoms with Gasteiger partial charge in [0.1, 0.15) is 36.6 Å². The standard InChI is InChI=1S/C38H52FN7O6/c1-23(2)45(24(3)4)34(47)28-17-25(39)9-12-30(28)51-31-19-40-22-41-33(31)44-20-38(21-44)13-15-43(16-14-38)35(48)32-27-11-10-26(18-29(27)42-50-8)46(32)36(49)52-37(5,6)7/h9,12,17,19,22-24,26-27,32H,10-11,13-16,18,20-21H2,1-8H3/t26-,27+,32+/m0/s1. The summed E-state index contributed by atoms with van der Waals surface area (Å²) in [6.07, 6.45) is 6.26. The first-order chi connectivity index (χ1) is 24.6. The largest absolute Gasteiger partial charge is 0.451 e. The zero-order valence-electron chi connectivity index (χ0n) is 31.6. The van der Waals surface area contributed by atoms with Crippen molar-refractivity contribution in [3.05, 3.63) is 42.1 Å². The van der Waals surface area contributed by atoms with Gasteiger partial charge in [0.05, 0.1) is 17.5 Å². The van der Waals surface area contributed by atoms with Gasteiger partial charge in [0, 0.05) is 62.1 Å². The van der Waals surface area contributed by atoms with E-state index in [4.69, 9.17) is 14.3 Å². The number of anilines is 1. The number of nitrogens with zero attached hydrogens (tertiary/aromatic N) is 7. The van der Waals surface area contributed by atoms with Crippen LogP contribution in [0.5, 0.6) is 11.5 Å². The summed E-state index contributed by atoms with van der Waals surface area (Å²) in [5.74, 6) is 0.0499. The maximum atomic E-state index is 14.5. The first-order valence-corrected chi connectivity index (χ1v) is 18.4. The summed E-state index contributed by atoms with van der Waals surface area (Å²) in [5, 5.41) is 4.27. The summed E-state index contributed by atoms with van der Waals surface area (Å²) >= 11 is 0. The van der Waals surface area contributed by atoms with E-state index in [9.17, 15) is 18.8 Å². The van der Waals surface area contributed by atoms with Crippen LogP contribution in [0.1, 0.15) is 90.9 Å². The topological polar surface area (TPSA) is 130 Å². The first kappa shape index (κ1) is 37.3. The summed E-state index contributed by atoms with van der Waals surface area (Å²) in [6, 6.07) is 2.91. The molecule has 282 valence electrons. The molecule has 5 aliphatic rings. The lowest BCUT2D eigenvalue weighted by atomic mass is 9.70.